The maximum Gasteiger partial charge on any atom is 0.330 e. The molecule has 0 fully saturated rings. The van der Waals surface area contributed by atoms with Crippen LogP contribution in [0.5, 0.6) is 0 Å². The molecule has 0 spiro atoms. The third-order valence-electron chi connectivity index (χ3n) is 2.79. The van der Waals surface area contributed by atoms with Crippen molar-refractivity contribution in [3.05, 3.63) is 35.9 Å². The smallest absolute Gasteiger partial charge is 0.330 e. The highest BCUT2D eigenvalue weighted by molar-refractivity contribution is 7.99. The first kappa shape index (κ1) is 15.1. The van der Waals surface area contributed by atoms with Gasteiger partial charge in [-0.05, 0) is 23.0 Å². The molecule has 0 aliphatic heterocycles. The van der Waals surface area contributed by atoms with E-state index in [9.17, 15) is 4.79 Å². The van der Waals surface area contributed by atoms with Crippen molar-refractivity contribution in [3.63, 3.8) is 0 Å². The fourth-order valence-electron chi connectivity index (χ4n) is 1.74. The van der Waals surface area contributed by atoms with Crippen molar-refractivity contribution < 1.29 is 9.53 Å². The van der Waals surface area contributed by atoms with Crippen LogP contribution in [0.1, 0.15) is 25.8 Å². The number of methoxy groups -OCH3 is 1. The van der Waals surface area contributed by atoms with Crippen molar-refractivity contribution in [2.75, 3.05) is 12.9 Å². The topological polar surface area (TPSA) is 52.3 Å². The van der Waals surface area contributed by atoms with Gasteiger partial charge in [0.2, 0.25) is 0 Å². The number of hydrogen-bond acceptors (Lipinski definition) is 4. The number of carbonyl (C=O) groups is 1. The standard InChI is InChI=1S/C14H21NO2S/c1-11(2)18-10-9-14(15,13(16)17-3)12-7-5-4-6-8-12/h4-8,11H,9-10,15H2,1-3H3. The molecule has 18 heavy (non-hydrogen) atoms. The predicted molar refractivity (Wildman–Crippen MR) is 76.5 cm³/mol. The van der Waals surface area contributed by atoms with E-state index >= 15 is 0 Å². The monoisotopic (exact) mass is 267 g/mol. The molecule has 1 rings (SSSR count). The van der Waals surface area contributed by atoms with Crippen LogP contribution >= 0.6 is 11.8 Å². The highest BCUT2D eigenvalue weighted by Gasteiger charge is 2.36. The van der Waals surface area contributed by atoms with Gasteiger partial charge in [-0.15, -0.1) is 0 Å². The zero-order chi connectivity index (χ0) is 13.6. The minimum atomic E-state index is -1.04. The first-order valence-corrected chi connectivity index (χ1v) is 7.10. The fraction of sp³-hybridized carbons (Fsp3) is 0.500. The molecular formula is C14H21NO2S. The van der Waals surface area contributed by atoms with Crippen molar-refractivity contribution in [1.29, 1.82) is 0 Å². The Morgan fingerprint density at radius 3 is 2.50 bits per heavy atom. The summed E-state index contributed by atoms with van der Waals surface area (Å²) < 4.78 is 4.85. The highest BCUT2D eigenvalue weighted by atomic mass is 32.2. The lowest BCUT2D eigenvalue weighted by atomic mass is 9.88. The average molecular weight is 267 g/mol. The van der Waals surface area contributed by atoms with E-state index in [4.69, 9.17) is 10.5 Å². The fourth-order valence-corrected chi connectivity index (χ4v) is 2.65. The molecule has 2 N–H and O–H groups in total. The van der Waals surface area contributed by atoms with Crippen molar-refractivity contribution in [3.8, 4) is 0 Å². The molecule has 0 bridgehead atoms. The van der Waals surface area contributed by atoms with Gasteiger partial charge in [0.05, 0.1) is 7.11 Å². The lowest BCUT2D eigenvalue weighted by Gasteiger charge is -2.27. The summed E-state index contributed by atoms with van der Waals surface area (Å²) in [5.74, 6) is 0.455. The van der Waals surface area contributed by atoms with Gasteiger partial charge in [0, 0.05) is 0 Å². The van der Waals surface area contributed by atoms with Crippen LogP contribution in [-0.4, -0.2) is 24.1 Å². The number of ether oxygens (including phenoxy) is 1. The number of nitrogens with two attached hydrogens (primary N) is 1. The number of benzene rings is 1. The number of carbonyl (C=O) groups excluding carboxylic acids is 1. The van der Waals surface area contributed by atoms with E-state index in [2.05, 4.69) is 13.8 Å². The van der Waals surface area contributed by atoms with Crippen LogP contribution in [0.15, 0.2) is 30.3 Å². The quantitative estimate of drug-likeness (QED) is 0.805. The number of thioether (sulfide) groups is 1. The van der Waals surface area contributed by atoms with Gasteiger partial charge in [-0.25, -0.2) is 4.79 Å². The van der Waals surface area contributed by atoms with Crippen molar-refractivity contribution in [2.24, 2.45) is 5.73 Å². The third-order valence-corrected chi connectivity index (χ3v) is 3.89. The lowest BCUT2D eigenvalue weighted by molar-refractivity contribution is -0.147. The Bertz CT molecular complexity index is 381. The number of hydrogen-bond donors (Lipinski definition) is 1. The van der Waals surface area contributed by atoms with E-state index in [0.717, 1.165) is 11.3 Å². The molecule has 0 heterocycles. The Labute approximate surface area is 113 Å². The Kier molecular flexibility index (Phi) is 5.69. The SMILES string of the molecule is COC(=O)C(N)(CCSC(C)C)c1ccccc1. The Hall–Kier alpha value is -1.00. The molecular weight excluding hydrogens is 246 g/mol. The second-order valence-corrected chi connectivity index (χ2v) is 6.18. The average Bonchev–Trinajstić information content (AvgIpc) is 2.38. The minimum Gasteiger partial charge on any atom is -0.467 e. The van der Waals surface area contributed by atoms with Gasteiger partial charge >= 0.3 is 5.97 Å². The minimum absolute atomic E-state index is 0.377. The van der Waals surface area contributed by atoms with Crippen LogP contribution in [0.4, 0.5) is 0 Å². The van der Waals surface area contributed by atoms with Crippen LogP contribution in [0.3, 0.4) is 0 Å². The van der Waals surface area contributed by atoms with E-state index in [1.807, 2.05) is 30.3 Å². The van der Waals surface area contributed by atoms with Gasteiger partial charge in [0.25, 0.3) is 0 Å². The predicted octanol–water partition coefficient (Wildman–Crippen LogP) is 2.55. The normalized spacial score (nSPS) is 14.3. The summed E-state index contributed by atoms with van der Waals surface area (Å²) in [7, 11) is 1.38. The summed E-state index contributed by atoms with van der Waals surface area (Å²) in [6.07, 6.45) is 0.576. The molecule has 1 aromatic rings. The van der Waals surface area contributed by atoms with Gasteiger partial charge in [-0.1, -0.05) is 44.2 Å². The molecule has 0 aliphatic carbocycles. The maximum absolute atomic E-state index is 12.0. The van der Waals surface area contributed by atoms with E-state index in [1.165, 1.54) is 7.11 Å². The summed E-state index contributed by atoms with van der Waals surface area (Å²) in [6.45, 7) is 4.26. The van der Waals surface area contributed by atoms with Crippen LogP contribution in [0.25, 0.3) is 0 Å². The molecule has 1 atom stereocenters. The van der Waals surface area contributed by atoms with Gasteiger partial charge in [-0.3, -0.25) is 0 Å². The molecule has 0 saturated heterocycles. The molecule has 0 radical (unpaired) electrons. The molecule has 3 nitrogen and oxygen atoms in total. The zero-order valence-electron chi connectivity index (χ0n) is 11.2. The Morgan fingerprint density at radius 1 is 1.39 bits per heavy atom. The van der Waals surface area contributed by atoms with E-state index in [-0.39, 0.29) is 5.97 Å². The molecule has 0 amide bonds. The Balaban J connectivity index is 2.86. The lowest BCUT2D eigenvalue weighted by Crippen LogP contribution is -2.46. The summed E-state index contributed by atoms with van der Waals surface area (Å²) in [6, 6.07) is 9.42. The van der Waals surface area contributed by atoms with Crippen LogP contribution in [0, 0.1) is 0 Å². The summed E-state index contributed by atoms with van der Waals surface area (Å²) >= 11 is 1.79. The first-order valence-electron chi connectivity index (χ1n) is 6.05. The molecule has 100 valence electrons. The Morgan fingerprint density at radius 2 is 2.00 bits per heavy atom. The summed E-state index contributed by atoms with van der Waals surface area (Å²) in [5, 5.41) is 0.530. The van der Waals surface area contributed by atoms with E-state index in [0.29, 0.717) is 11.7 Å². The van der Waals surface area contributed by atoms with Crippen molar-refractivity contribution in [2.45, 2.75) is 31.1 Å². The highest BCUT2D eigenvalue weighted by Crippen LogP contribution is 2.26. The van der Waals surface area contributed by atoms with Crippen LogP contribution in [-0.2, 0) is 15.1 Å². The molecule has 0 saturated carbocycles. The van der Waals surface area contributed by atoms with E-state index in [1.54, 1.807) is 11.8 Å². The molecule has 1 unspecified atom stereocenters. The van der Waals surface area contributed by atoms with Crippen molar-refractivity contribution in [1.82, 2.24) is 0 Å². The first-order chi connectivity index (χ1) is 8.50. The molecule has 0 aliphatic rings. The second kappa shape index (κ2) is 6.81. The summed E-state index contributed by atoms with van der Waals surface area (Å²) in [4.78, 5) is 12.0. The third kappa shape index (κ3) is 3.75. The molecule has 4 heteroatoms. The van der Waals surface area contributed by atoms with Crippen LogP contribution in [0.2, 0.25) is 0 Å². The maximum atomic E-state index is 12.0. The number of esters is 1. The zero-order valence-corrected chi connectivity index (χ0v) is 12.0. The van der Waals surface area contributed by atoms with Gasteiger partial charge in [-0.2, -0.15) is 11.8 Å². The van der Waals surface area contributed by atoms with Gasteiger partial charge in [0.15, 0.2) is 0 Å². The molecule has 1 aromatic carbocycles. The van der Waals surface area contributed by atoms with Gasteiger partial charge in [0.1, 0.15) is 5.54 Å². The van der Waals surface area contributed by atoms with Crippen molar-refractivity contribution >= 4 is 17.7 Å². The largest absolute Gasteiger partial charge is 0.467 e. The van der Waals surface area contributed by atoms with E-state index < -0.39 is 5.54 Å². The van der Waals surface area contributed by atoms with Gasteiger partial charge < -0.3 is 10.5 Å². The second-order valence-electron chi connectivity index (χ2n) is 4.50. The number of rotatable bonds is 6. The summed E-state index contributed by atoms with van der Waals surface area (Å²) in [5.41, 5.74) is 6.03. The van der Waals surface area contributed by atoms with Crippen LogP contribution < -0.4 is 5.73 Å². The molecule has 0 aromatic heterocycles.